The number of halogens is 1. The van der Waals surface area contributed by atoms with Crippen LogP contribution in [-0.2, 0) is 16.1 Å². The average molecular weight is 330 g/mol. The van der Waals surface area contributed by atoms with E-state index in [1.54, 1.807) is 49.4 Å². The van der Waals surface area contributed by atoms with Gasteiger partial charge >= 0.3 is 5.97 Å². The maximum atomic E-state index is 13.5. The van der Waals surface area contributed by atoms with Crippen LogP contribution >= 0.6 is 0 Å². The number of rotatable bonds is 7. The molecule has 0 heterocycles. The Morgan fingerprint density at radius 1 is 1.08 bits per heavy atom. The molecular weight excluding hydrogens is 311 g/mol. The van der Waals surface area contributed by atoms with Crippen molar-refractivity contribution in [3.8, 4) is 0 Å². The van der Waals surface area contributed by atoms with E-state index in [2.05, 4.69) is 10.6 Å². The van der Waals surface area contributed by atoms with Crippen molar-refractivity contribution in [3.63, 3.8) is 0 Å². The van der Waals surface area contributed by atoms with E-state index in [1.807, 2.05) is 0 Å². The van der Waals surface area contributed by atoms with E-state index >= 15 is 0 Å². The Labute approximate surface area is 139 Å². The van der Waals surface area contributed by atoms with Crippen LogP contribution in [-0.4, -0.2) is 25.0 Å². The maximum absolute atomic E-state index is 13.5. The van der Waals surface area contributed by atoms with E-state index in [1.165, 1.54) is 6.07 Å². The standard InChI is InChI=1S/C18H19FN2O3/c1-2-24-18(23)14-8-4-6-10-16(14)20-12-17(22)21-11-13-7-3-5-9-15(13)19/h3-10,20H,2,11-12H2,1H3,(H,21,22). The molecule has 0 atom stereocenters. The number of esters is 1. The molecule has 2 aromatic rings. The molecule has 0 aliphatic heterocycles. The van der Waals surface area contributed by atoms with Gasteiger partial charge in [0.2, 0.25) is 5.91 Å². The van der Waals surface area contributed by atoms with Crippen LogP contribution in [0.5, 0.6) is 0 Å². The number of carbonyl (C=O) groups is 2. The number of nitrogens with one attached hydrogen (secondary N) is 2. The molecule has 24 heavy (non-hydrogen) atoms. The number of ether oxygens (including phenoxy) is 1. The SMILES string of the molecule is CCOC(=O)c1ccccc1NCC(=O)NCc1ccccc1F. The van der Waals surface area contributed by atoms with E-state index < -0.39 is 5.97 Å². The zero-order valence-electron chi connectivity index (χ0n) is 13.3. The third kappa shape index (κ3) is 4.81. The number of amides is 1. The fraction of sp³-hybridized carbons (Fsp3) is 0.222. The first-order valence-electron chi connectivity index (χ1n) is 7.62. The minimum absolute atomic E-state index is 0.0368. The van der Waals surface area contributed by atoms with Crippen LogP contribution in [0.15, 0.2) is 48.5 Å². The molecular formula is C18H19FN2O3. The van der Waals surface area contributed by atoms with Gasteiger partial charge in [0.15, 0.2) is 0 Å². The predicted molar refractivity (Wildman–Crippen MR) is 89.1 cm³/mol. The molecule has 0 unspecified atom stereocenters. The Balaban J connectivity index is 1.90. The molecule has 0 aliphatic rings. The minimum atomic E-state index is -0.452. The highest BCUT2D eigenvalue weighted by Crippen LogP contribution is 2.15. The minimum Gasteiger partial charge on any atom is -0.462 e. The molecule has 0 aromatic heterocycles. The lowest BCUT2D eigenvalue weighted by molar-refractivity contribution is -0.119. The molecule has 2 N–H and O–H groups in total. The van der Waals surface area contributed by atoms with Crippen LogP contribution in [0.3, 0.4) is 0 Å². The highest BCUT2D eigenvalue weighted by Gasteiger charge is 2.12. The van der Waals surface area contributed by atoms with Crippen molar-refractivity contribution in [1.29, 1.82) is 0 Å². The van der Waals surface area contributed by atoms with Gasteiger partial charge in [0, 0.05) is 17.8 Å². The van der Waals surface area contributed by atoms with Crippen LogP contribution < -0.4 is 10.6 Å². The number of para-hydroxylation sites is 1. The Kier molecular flexibility index (Phi) is 6.31. The number of carbonyl (C=O) groups excluding carboxylic acids is 2. The molecule has 0 spiro atoms. The van der Waals surface area contributed by atoms with Crippen molar-refractivity contribution in [1.82, 2.24) is 5.32 Å². The second-order valence-electron chi connectivity index (χ2n) is 4.99. The normalized spacial score (nSPS) is 10.1. The summed E-state index contributed by atoms with van der Waals surface area (Å²) in [6.45, 7) is 2.07. The Morgan fingerprint density at radius 3 is 2.54 bits per heavy atom. The van der Waals surface area contributed by atoms with Crippen LogP contribution in [0.4, 0.5) is 10.1 Å². The molecule has 0 aliphatic carbocycles. The van der Waals surface area contributed by atoms with E-state index in [-0.39, 0.29) is 31.4 Å². The summed E-state index contributed by atoms with van der Waals surface area (Å²) in [5.41, 5.74) is 1.29. The third-order valence-corrected chi connectivity index (χ3v) is 3.30. The van der Waals surface area contributed by atoms with E-state index in [4.69, 9.17) is 4.74 Å². The lowest BCUT2D eigenvalue weighted by atomic mass is 10.2. The summed E-state index contributed by atoms with van der Waals surface area (Å²) >= 11 is 0. The van der Waals surface area contributed by atoms with Crippen molar-refractivity contribution < 1.29 is 18.7 Å². The van der Waals surface area contributed by atoms with Gasteiger partial charge in [0.25, 0.3) is 0 Å². The summed E-state index contributed by atoms with van der Waals surface area (Å²) in [7, 11) is 0. The van der Waals surface area contributed by atoms with Gasteiger partial charge in [-0.1, -0.05) is 30.3 Å². The number of hydrogen-bond acceptors (Lipinski definition) is 4. The molecule has 0 saturated heterocycles. The molecule has 126 valence electrons. The lowest BCUT2D eigenvalue weighted by Gasteiger charge is -2.11. The Bertz CT molecular complexity index is 719. The molecule has 2 aromatic carbocycles. The Morgan fingerprint density at radius 2 is 1.79 bits per heavy atom. The summed E-state index contributed by atoms with van der Waals surface area (Å²) in [4.78, 5) is 23.7. The van der Waals surface area contributed by atoms with Crippen molar-refractivity contribution in [2.75, 3.05) is 18.5 Å². The molecule has 0 radical (unpaired) electrons. The zero-order chi connectivity index (χ0) is 17.4. The van der Waals surface area contributed by atoms with E-state index in [0.29, 0.717) is 16.8 Å². The molecule has 1 amide bonds. The zero-order valence-corrected chi connectivity index (χ0v) is 13.3. The monoisotopic (exact) mass is 330 g/mol. The second-order valence-corrected chi connectivity index (χ2v) is 4.99. The lowest BCUT2D eigenvalue weighted by Crippen LogP contribution is -2.30. The fourth-order valence-electron chi connectivity index (χ4n) is 2.10. The quantitative estimate of drug-likeness (QED) is 0.766. The Hall–Kier alpha value is -2.89. The van der Waals surface area contributed by atoms with Gasteiger partial charge in [0.1, 0.15) is 5.82 Å². The van der Waals surface area contributed by atoms with Gasteiger partial charge in [0.05, 0.1) is 18.7 Å². The third-order valence-electron chi connectivity index (χ3n) is 3.30. The second kappa shape index (κ2) is 8.67. The number of hydrogen-bond donors (Lipinski definition) is 2. The highest BCUT2D eigenvalue weighted by molar-refractivity contribution is 5.96. The molecule has 0 saturated carbocycles. The fourth-order valence-corrected chi connectivity index (χ4v) is 2.10. The van der Waals surface area contributed by atoms with Crippen molar-refractivity contribution >= 4 is 17.6 Å². The molecule has 5 nitrogen and oxygen atoms in total. The van der Waals surface area contributed by atoms with Gasteiger partial charge in [-0.15, -0.1) is 0 Å². The number of benzene rings is 2. The average Bonchev–Trinajstić information content (AvgIpc) is 2.59. The first kappa shape index (κ1) is 17.5. The van der Waals surface area contributed by atoms with Crippen LogP contribution in [0.25, 0.3) is 0 Å². The smallest absolute Gasteiger partial charge is 0.340 e. The van der Waals surface area contributed by atoms with Crippen LogP contribution in [0, 0.1) is 5.82 Å². The number of anilines is 1. The van der Waals surface area contributed by atoms with Crippen LogP contribution in [0.2, 0.25) is 0 Å². The van der Waals surface area contributed by atoms with Gasteiger partial charge in [-0.3, -0.25) is 4.79 Å². The first-order chi connectivity index (χ1) is 11.6. The van der Waals surface area contributed by atoms with Crippen molar-refractivity contribution in [2.24, 2.45) is 0 Å². The molecule has 0 bridgehead atoms. The van der Waals surface area contributed by atoms with Gasteiger partial charge in [-0.05, 0) is 25.1 Å². The van der Waals surface area contributed by atoms with Crippen LogP contribution in [0.1, 0.15) is 22.8 Å². The van der Waals surface area contributed by atoms with Gasteiger partial charge in [-0.2, -0.15) is 0 Å². The van der Waals surface area contributed by atoms with Crippen molar-refractivity contribution in [2.45, 2.75) is 13.5 Å². The van der Waals surface area contributed by atoms with Gasteiger partial charge in [-0.25, -0.2) is 9.18 Å². The summed E-state index contributed by atoms with van der Waals surface area (Å²) in [6, 6.07) is 13.0. The predicted octanol–water partition coefficient (Wildman–Crippen LogP) is 2.73. The first-order valence-corrected chi connectivity index (χ1v) is 7.62. The highest BCUT2D eigenvalue weighted by atomic mass is 19.1. The van der Waals surface area contributed by atoms with E-state index in [0.717, 1.165) is 0 Å². The molecule has 0 fully saturated rings. The largest absolute Gasteiger partial charge is 0.462 e. The molecule has 2 rings (SSSR count). The summed E-state index contributed by atoms with van der Waals surface area (Å²) in [6.07, 6.45) is 0. The summed E-state index contributed by atoms with van der Waals surface area (Å²) in [5, 5.41) is 5.52. The summed E-state index contributed by atoms with van der Waals surface area (Å²) < 4.78 is 18.5. The maximum Gasteiger partial charge on any atom is 0.340 e. The van der Waals surface area contributed by atoms with Gasteiger partial charge < -0.3 is 15.4 Å². The van der Waals surface area contributed by atoms with E-state index in [9.17, 15) is 14.0 Å². The van der Waals surface area contributed by atoms with Crippen molar-refractivity contribution in [3.05, 3.63) is 65.5 Å². The summed E-state index contributed by atoms with van der Waals surface area (Å²) in [5.74, 6) is -1.12. The molecule has 6 heteroatoms. The topological polar surface area (TPSA) is 67.4 Å².